The van der Waals surface area contributed by atoms with Crippen LogP contribution in [0.1, 0.15) is 27.3 Å². The van der Waals surface area contributed by atoms with Gasteiger partial charge in [0.1, 0.15) is 5.01 Å². The summed E-state index contributed by atoms with van der Waals surface area (Å²) in [4.78, 5) is 30.6. The van der Waals surface area contributed by atoms with E-state index in [9.17, 15) is 18.0 Å². The molecule has 2 aromatic carbocycles. The minimum Gasteiger partial charge on any atom is -0.342 e. The molecule has 6 nitrogen and oxygen atoms in total. The van der Waals surface area contributed by atoms with Crippen molar-refractivity contribution in [3.63, 3.8) is 0 Å². The van der Waals surface area contributed by atoms with Crippen molar-refractivity contribution in [2.45, 2.75) is 30.7 Å². The SMILES string of the molecule is CSCC[C@H](NC(=O)c1ccc(C)c(S(C)(=O)=O)c1)C(=O)Cc1nc(-c2ccccc2)cs1.S. The Kier molecular flexibility index (Phi) is 10.4. The maximum absolute atomic E-state index is 13.1. The summed E-state index contributed by atoms with van der Waals surface area (Å²) < 4.78 is 24.0. The van der Waals surface area contributed by atoms with Gasteiger partial charge in [-0.05, 0) is 43.0 Å². The maximum atomic E-state index is 13.1. The molecule has 10 heteroatoms. The third-order valence-corrected chi connectivity index (χ3v) is 7.83. The van der Waals surface area contributed by atoms with Crippen molar-refractivity contribution in [3.8, 4) is 11.3 Å². The molecular weight excluding hydrogens is 509 g/mol. The summed E-state index contributed by atoms with van der Waals surface area (Å²) in [6, 6.07) is 13.6. The molecule has 0 saturated carbocycles. The summed E-state index contributed by atoms with van der Waals surface area (Å²) >= 11 is 3.01. The van der Waals surface area contributed by atoms with Crippen LogP contribution in [0, 0.1) is 6.92 Å². The lowest BCUT2D eigenvalue weighted by molar-refractivity contribution is -0.120. The van der Waals surface area contributed by atoms with Gasteiger partial charge < -0.3 is 5.32 Å². The van der Waals surface area contributed by atoms with Gasteiger partial charge in [0.2, 0.25) is 0 Å². The van der Waals surface area contributed by atoms with Crippen LogP contribution in [0.25, 0.3) is 11.3 Å². The van der Waals surface area contributed by atoms with Crippen LogP contribution in [0.5, 0.6) is 0 Å². The highest BCUT2D eigenvalue weighted by Crippen LogP contribution is 2.22. The molecule has 0 saturated heterocycles. The molecule has 0 bridgehead atoms. The minimum atomic E-state index is -3.47. The van der Waals surface area contributed by atoms with Gasteiger partial charge in [-0.1, -0.05) is 36.4 Å². The average molecular weight is 537 g/mol. The number of rotatable bonds is 10. The van der Waals surface area contributed by atoms with Gasteiger partial charge in [-0.3, -0.25) is 9.59 Å². The number of thioether (sulfide) groups is 1. The monoisotopic (exact) mass is 536 g/mol. The molecule has 0 aliphatic carbocycles. The number of sulfone groups is 1. The number of thiazole rings is 1. The smallest absolute Gasteiger partial charge is 0.251 e. The van der Waals surface area contributed by atoms with Crippen LogP contribution in [0.4, 0.5) is 0 Å². The number of carbonyl (C=O) groups is 2. The third kappa shape index (κ3) is 7.43. The summed E-state index contributed by atoms with van der Waals surface area (Å²) in [7, 11) is -3.47. The van der Waals surface area contributed by atoms with E-state index in [0.717, 1.165) is 17.5 Å². The van der Waals surface area contributed by atoms with E-state index in [2.05, 4.69) is 10.3 Å². The second-order valence-corrected chi connectivity index (χ2v) is 11.6. The Morgan fingerprint density at radius 3 is 2.50 bits per heavy atom. The third-order valence-electron chi connectivity index (χ3n) is 5.10. The fraction of sp³-hybridized carbons (Fsp3) is 0.292. The standard InChI is InChI=1S/C24H26N2O4S3.H2S/c1-16-9-10-18(13-22(16)33(3,29)30)24(28)26-19(11-12-31-2)21(27)14-23-25-20(15-32-23)17-7-5-4-6-8-17;/h4-10,13,15,19H,11-12,14H2,1-3H3,(H,26,28);1H2/t19-;/m0./s1. The number of carbonyl (C=O) groups excluding carboxylic acids is 2. The molecule has 182 valence electrons. The van der Waals surface area contributed by atoms with Crippen LogP contribution in [-0.2, 0) is 21.1 Å². The van der Waals surface area contributed by atoms with Crippen LogP contribution in [0.2, 0.25) is 0 Å². The van der Waals surface area contributed by atoms with E-state index in [1.54, 1.807) is 30.8 Å². The zero-order valence-electron chi connectivity index (χ0n) is 19.2. The fourth-order valence-corrected chi connectivity index (χ4v) is 5.62. The number of aromatic nitrogens is 1. The normalized spacial score (nSPS) is 12.0. The molecule has 1 heterocycles. The Hall–Kier alpha value is -2.14. The van der Waals surface area contributed by atoms with E-state index in [4.69, 9.17) is 0 Å². The molecule has 3 aromatic rings. The Bertz CT molecular complexity index is 1240. The number of nitrogens with zero attached hydrogens (tertiary/aromatic N) is 1. The highest BCUT2D eigenvalue weighted by molar-refractivity contribution is 7.98. The molecule has 1 atom stereocenters. The molecule has 1 N–H and O–H groups in total. The van der Waals surface area contributed by atoms with Gasteiger partial charge in [0, 0.05) is 22.8 Å². The van der Waals surface area contributed by atoms with Gasteiger partial charge in [0.15, 0.2) is 15.6 Å². The minimum absolute atomic E-state index is 0. The van der Waals surface area contributed by atoms with Crippen molar-refractivity contribution in [1.29, 1.82) is 0 Å². The maximum Gasteiger partial charge on any atom is 0.251 e. The van der Waals surface area contributed by atoms with Gasteiger partial charge in [-0.2, -0.15) is 25.3 Å². The number of hydrogen-bond acceptors (Lipinski definition) is 7. The van der Waals surface area contributed by atoms with Crippen molar-refractivity contribution in [1.82, 2.24) is 10.3 Å². The van der Waals surface area contributed by atoms with Crippen LogP contribution < -0.4 is 5.32 Å². The van der Waals surface area contributed by atoms with Gasteiger partial charge >= 0.3 is 0 Å². The van der Waals surface area contributed by atoms with Crippen molar-refractivity contribution in [3.05, 3.63) is 70.0 Å². The van der Waals surface area contributed by atoms with Crippen LogP contribution in [-0.4, -0.2) is 49.4 Å². The van der Waals surface area contributed by atoms with Crippen LogP contribution >= 0.6 is 36.6 Å². The zero-order valence-corrected chi connectivity index (χ0v) is 22.6. The molecule has 3 rings (SSSR count). The Morgan fingerprint density at radius 1 is 1.15 bits per heavy atom. The quantitative estimate of drug-likeness (QED) is 0.415. The molecule has 0 aliphatic heterocycles. The summed E-state index contributed by atoms with van der Waals surface area (Å²) in [5.74, 6) is 0.108. The molecule has 34 heavy (non-hydrogen) atoms. The van der Waals surface area contributed by atoms with Gasteiger partial charge in [-0.25, -0.2) is 13.4 Å². The lowest BCUT2D eigenvalue weighted by Crippen LogP contribution is -2.42. The van der Waals surface area contributed by atoms with Crippen molar-refractivity contribution >= 4 is 58.1 Å². The number of hydrogen-bond donors (Lipinski definition) is 1. The van der Waals surface area contributed by atoms with Crippen molar-refractivity contribution < 1.29 is 18.0 Å². The molecule has 0 spiro atoms. The van der Waals surface area contributed by atoms with Crippen LogP contribution in [0.15, 0.2) is 58.8 Å². The van der Waals surface area contributed by atoms with E-state index >= 15 is 0 Å². The van der Waals surface area contributed by atoms with Crippen LogP contribution in [0.3, 0.4) is 0 Å². The lowest BCUT2D eigenvalue weighted by atomic mass is 10.1. The van der Waals surface area contributed by atoms with E-state index in [1.165, 1.54) is 17.4 Å². The first-order valence-electron chi connectivity index (χ1n) is 10.3. The van der Waals surface area contributed by atoms with Gasteiger partial charge in [-0.15, -0.1) is 11.3 Å². The average Bonchev–Trinajstić information content (AvgIpc) is 3.25. The highest BCUT2D eigenvalue weighted by atomic mass is 32.2. The van der Waals surface area contributed by atoms with Gasteiger partial charge in [0.05, 0.1) is 23.1 Å². The number of ketones is 1. The number of amides is 1. The lowest BCUT2D eigenvalue weighted by Gasteiger charge is -2.17. The Labute approximate surface area is 216 Å². The molecule has 1 amide bonds. The van der Waals surface area contributed by atoms with E-state index in [-0.39, 0.29) is 36.2 Å². The number of benzene rings is 2. The number of nitrogens with one attached hydrogen (secondary N) is 1. The topological polar surface area (TPSA) is 93.2 Å². The van der Waals surface area contributed by atoms with Crippen molar-refractivity contribution in [2.75, 3.05) is 18.3 Å². The fourth-order valence-electron chi connectivity index (χ4n) is 3.34. The molecule has 1 aromatic heterocycles. The first kappa shape index (κ1) is 28.1. The first-order valence-corrected chi connectivity index (χ1v) is 14.5. The van der Waals surface area contributed by atoms with Gasteiger partial charge in [0.25, 0.3) is 5.91 Å². The molecule has 0 unspecified atom stereocenters. The molecule has 0 fully saturated rings. The highest BCUT2D eigenvalue weighted by Gasteiger charge is 2.23. The summed E-state index contributed by atoms with van der Waals surface area (Å²) in [5.41, 5.74) is 2.59. The Morgan fingerprint density at radius 2 is 1.85 bits per heavy atom. The first-order chi connectivity index (χ1) is 15.7. The van der Waals surface area contributed by atoms with Crippen molar-refractivity contribution in [2.24, 2.45) is 0 Å². The van der Waals surface area contributed by atoms with E-state index in [1.807, 2.05) is 42.0 Å². The molecular formula is C24H28N2O4S4. The summed E-state index contributed by atoms with van der Waals surface area (Å²) in [6.45, 7) is 1.68. The zero-order chi connectivity index (χ0) is 24.0. The molecule has 0 aliphatic rings. The second-order valence-electron chi connectivity index (χ2n) is 7.70. The number of aryl methyl sites for hydroxylation is 1. The number of Topliss-reactive ketones (excluding diaryl/α,β-unsaturated/α-hetero) is 1. The molecule has 0 radical (unpaired) electrons. The predicted molar refractivity (Wildman–Crippen MR) is 145 cm³/mol. The summed E-state index contributed by atoms with van der Waals surface area (Å²) in [5, 5.41) is 5.42. The Balaban J connectivity index is 0.00000408. The summed E-state index contributed by atoms with van der Waals surface area (Å²) in [6.07, 6.45) is 3.65. The van der Waals surface area contributed by atoms with E-state index < -0.39 is 21.8 Å². The largest absolute Gasteiger partial charge is 0.342 e. The second kappa shape index (κ2) is 12.5. The predicted octanol–water partition coefficient (Wildman–Crippen LogP) is 4.30. The van der Waals surface area contributed by atoms with E-state index in [0.29, 0.717) is 22.7 Å².